The van der Waals surface area contributed by atoms with Crippen LogP contribution >= 0.6 is 11.8 Å². The van der Waals surface area contributed by atoms with Crippen molar-refractivity contribution in [3.63, 3.8) is 0 Å². The fourth-order valence-electron chi connectivity index (χ4n) is 2.05. The zero-order valence-electron chi connectivity index (χ0n) is 14.7. The van der Waals surface area contributed by atoms with Gasteiger partial charge in [0, 0.05) is 12.0 Å². The first-order valence-corrected chi connectivity index (χ1v) is 10.4. The fraction of sp³-hybridized carbons (Fsp3) is 0.500. The van der Waals surface area contributed by atoms with Crippen LogP contribution < -0.4 is 4.83 Å². The Bertz CT molecular complexity index is 740. The second kappa shape index (κ2) is 7.65. The highest BCUT2D eigenvalue weighted by atomic mass is 32.2. The summed E-state index contributed by atoms with van der Waals surface area (Å²) in [5.74, 6) is 1.12. The van der Waals surface area contributed by atoms with Crippen LogP contribution in [-0.4, -0.2) is 48.9 Å². The molecule has 0 saturated carbocycles. The average molecular weight is 386 g/mol. The van der Waals surface area contributed by atoms with Crippen molar-refractivity contribution < 1.29 is 17.9 Å². The van der Waals surface area contributed by atoms with Gasteiger partial charge in [-0.05, 0) is 39.8 Å². The molecule has 1 N–H and O–H groups in total. The van der Waals surface area contributed by atoms with Gasteiger partial charge in [0.25, 0.3) is 10.0 Å². The molecule has 0 aliphatic carbocycles. The van der Waals surface area contributed by atoms with Gasteiger partial charge in [0.05, 0.1) is 16.8 Å². The standard InChI is InChI=1S/C16H23N3O4S2/c1-12-5-7-14(8-6-12)25(21,22)18-17-9-13-10-24-11-19(13)15(20)23-16(2,3)4/h5-9,13,18H,10-11H2,1-4H3. The lowest BCUT2D eigenvalue weighted by Gasteiger charge is -2.26. The van der Waals surface area contributed by atoms with Gasteiger partial charge in [0.15, 0.2) is 0 Å². The van der Waals surface area contributed by atoms with Crippen LogP contribution in [0.2, 0.25) is 0 Å². The predicted molar refractivity (Wildman–Crippen MR) is 99.2 cm³/mol. The van der Waals surface area contributed by atoms with E-state index in [2.05, 4.69) is 9.93 Å². The van der Waals surface area contributed by atoms with Crippen LogP contribution in [0.15, 0.2) is 34.3 Å². The van der Waals surface area contributed by atoms with Crippen LogP contribution in [0.5, 0.6) is 0 Å². The number of thioether (sulfide) groups is 1. The number of sulfonamides is 1. The number of hydrazone groups is 1. The Labute approximate surface area is 152 Å². The number of amides is 1. The molecule has 7 nitrogen and oxygen atoms in total. The zero-order valence-corrected chi connectivity index (χ0v) is 16.4. The number of rotatable bonds is 4. The fourth-order valence-corrected chi connectivity index (χ4v) is 3.95. The first kappa shape index (κ1) is 19.6. The molecule has 9 heteroatoms. The zero-order chi connectivity index (χ0) is 18.7. The SMILES string of the molecule is Cc1ccc(S(=O)(=O)NN=CC2CSCN2C(=O)OC(C)(C)C)cc1. The second-order valence-electron chi connectivity index (χ2n) is 6.70. The molecule has 0 aromatic heterocycles. The summed E-state index contributed by atoms with van der Waals surface area (Å²) in [6.07, 6.45) is 0.991. The first-order valence-electron chi connectivity index (χ1n) is 7.77. The topological polar surface area (TPSA) is 88.1 Å². The Morgan fingerprint density at radius 3 is 2.60 bits per heavy atom. The van der Waals surface area contributed by atoms with Crippen molar-refractivity contribution in [2.45, 2.75) is 44.2 Å². The molecule has 1 aromatic carbocycles. The van der Waals surface area contributed by atoms with Crippen LogP contribution in [-0.2, 0) is 14.8 Å². The Kier molecular flexibility index (Phi) is 5.99. The second-order valence-corrected chi connectivity index (χ2v) is 9.36. The van der Waals surface area contributed by atoms with Crippen molar-refractivity contribution in [1.29, 1.82) is 0 Å². The van der Waals surface area contributed by atoms with Crippen molar-refractivity contribution in [2.24, 2.45) is 5.10 Å². The number of nitrogens with one attached hydrogen (secondary N) is 1. The molecule has 1 amide bonds. The van der Waals surface area contributed by atoms with Gasteiger partial charge in [-0.15, -0.1) is 11.8 Å². The van der Waals surface area contributed by atoms with Crippen molar-refractivity contribution in [3.8, 4) is 0 Å². The molecular formula is C16H23N3O4S2. The Morgan fingerprint density at radius 1 is 1.36 bits per heavy atom. The van der Waals surface area contributed by atoms with E-state index in [1.165, 1.54) is 23.2 Å². The summed E-state index contributed by atoms with van der Waals surface area (Å²) in [6.45, 7) is 7.28. The molecule has 0 spiro atoms. The van der Waals surface area contributed by atoms with Gasteiger partial charge in [-0.1, -0.05) is 17.7 Å². The minimum atomic E-state index is -3.72. The third-order valence-corrected chi connectivity index (χ3v) is 5.57. The van der Waals surface area contributed by atoms with E-state index in [9.17, 15) is 13.2 Å². The van der Waals surface area contributed by atoms with Gasteiger partial charge in [-0.3, -0.25) is 4.90 Å². The summed E-state index contributed by atoms with van der Waals surface area (Å²) in [5, 5.41) is 3.83. The molecule has 1 aliphatic heterocycles. The lowest BCUT2D eigenvalue weighted by Crippen LogP contribution is -2.41. The van der Waals surface area contributed by atoms with E-state index in [0.29, 0.717) is 11.6 Å². The van der Waals surface area contributed by atoms with Crippen molar-refractivity contribution >= 4 is 34.1 Å². The Hall–Kier alpha value is -1.74. The van der Waals surface area contributed by atoms with E-state index in [-0.39, 0.29) is 10.9 Å². The maximum atomic E-state index is 12.2. The number of carbonyl (C=O) groups is 1. The van der Waals surface area contributed by atoms with Crippen LogP contribution in [0, 0.1) is 6.92 Å². The van der Waals surface area contributed by atoms with Crippen LogP contribution in [0.1, 0.15) is 26.3 Å². The quantitative estimate of drug-likeness (QED) is 0.636. The molecule has 1 saturated heterocycles. The summed E-state index contributed by atoms with van der Waals surface area (Å²) in [5.41, 5.74) is 0.387. The van der Waals surface area contributed by atoms with Gasteiger partial charge in [-0.2, -0.15) is 13.5 Å². The molecule has 138 valence electrons. The first-order chi connectivity index (χ1) is 11.6. The number of nitrogens with zero attached hydrogens (tertiary/aromatic N) is 2. The molecule has 1 unspecified atom stereocenters. The molecule has 1 fully saturated rings. The minimum Gasteiger partial charge on any atom is -0.444 e. The van der Waals surface area contributed by atoms with E-state index in [1.807, 2.05) is 6.92 Å². The summed E-state index contributed by atoms with van der Waals surface area (Å²) >= 11 is 1.56. The molecule has 1 heterocycles. The third-order valence-electron chi connectivity index (χ3n) is 3.30. The molecule has 0 bridgehead atoms. The van der Waals surface area contributed by atoms with E-state index >= 15 is 0 Å². The normalized spacial score (nSPS) is 18.6. The van der Waals surface area contributed by atoms with Gasteiger partial charge in [-0.25, -0.2) is 9.63 Å². The monoisotopic (exact) mass is 385 g/mol. The number of hydrogen-bond acceptors (Lipinski definition) is 6. The molecule has 0 radical (unpaired) electrons. The van der Waals surface area contributed by atoms with Gasteiger partial charge in [0.1, 0.15) is 5.60 Å². The highest BCUT2D eigenvalue weighted by molar-refractivity contribution is 7.99. The highest BCUT2D eigenvalue weighted by Crippen LogP contribution is 2.22. The van der Waals surface area contributed by atoms with Gasteiger partial charge in [0.2, 0.25) is 0 Å². The number of aryl methyl sites for hydroxylation is 1. The van der Waals surface area contributed by atoms with Gasteiger partial charge >= 0.3 is 6.09 Å². The largest absolute Gasteiger partial charge is 0.444 e. The number of carbonyl (C=O) groups excluding carboxylic acids is 1. The van der Waals surface area contributed by atoms with E-state index in [4.69, 9.17) is 4.74 Å². The summed E-state index contributed by atoms with van der Waals surface area (Å²) in [6, 6.07) is 6.16. The van der Waals surface area contributed by atoms with Crippen molar-refractivity contribution in [3.05, 3.63) is 29.8 Å². The lowest BCUT2D eigenvalue weighted by atomic mass is 10.2. The van der Waals surface area contributed by atoms with E-state index in [0.717, 1.165) is 5.56 Å². The highest BCUT2D eigenvalue weighted by Gasteiger charge is 2.31. The van der Waals surface area contributed by atoms with Crippen LogP contribution in [0.25, 0.3) is 0 Å². The van der Waals surface area contributed by atoms with E-state index < -0.39 is 21.7 Å². The maximum absolute atomic E-state index is 12.2. The average Bonchev–Trinajstić information content (AvgIpc) is 2.94. The number of benzene rings is 1. The summed E-state index contributed by atoms with van der Waals surface area (Å²) < 4.78 is 29.7. The molecule has 2 rings (SSSR count). The molecule has 1 aliphatic rings. The third kappa shape index (κ3) is 5.64. The summed E-state index contributed by atoms with van der Waals surface area (Å²) in [4.78, 5) is 16.0. The minimum absolute atomic E-state index is 0.139. The molecular weight excluding hydrogens is 362 g/mol. The predicted octanol–water partition coefficient (Wildman–Crippen LogP) is 2.57. The van der Waals surface area contributed by atoms with E-state index in [1.54, 1.807) is 44.7 Å². The number of hydrogen-bond donors (Lipinski definition) is 1. The molecule has 1 aromatic rings. The van der Waals surface area contributed by atoms with Crippen LogP contribution in [0.4, 0.5) is 4.79 Å². The Morgan fingerprint density at radius 2 is 2.00 bits per heavy atom. The summed E-state index contributed by atoms with van der Waals surface area (Å²) in [7, 11) is -3.72. The maximum Gasteiger partial charge on any atom is 0.411 e. The smallest absolute Gasteiger partial charge is 0.411 e. The molecule has 1 atom stereocenters. The molecule has 25 heavy (non-hydrogen) atoms. The van der Waals surface area contributed by atoms with Crippen molar-refractivity contribution in [1.82, 2.24) is 9.73 Å². The van der Waals surface area contributed by atoms with Gasteiger partial charge < -0.3 is 4.74 Å². The van der Waals surface area contributed by atoms with Crippen LogP contribution in [0.3, 0.4) is 0 Å². The van der Waals surface area contributed by atoms with Crippen molar-refractivity contribution in [2.75, 3.05) is 11.6 Å². The lowest BCUT2D eigenvalue weighted by molar-refractivity contribution is 0.0281. The Balaban J connectivity index is 2.00. The number of ether oxygens (including phenoxy) is 1.